The van der Waals surface area contributed by atoms with Crippen molar-refractivity contribution in [1.29, 1.82) is 0 Å². The number of amides is 1. The topological polar surface area (TPSA) is 57.6 Å². The summed E-state index contributed by atoms with van der Waals surface area (Å²) in [5, 5.41) is 11.6. The lowest BCUT2D eigenvalue weighted by atomic mass is 9.81. The molecule has 0 aliphatic carbocycles. The van der Waals surface area contributed by atoms with Crippen LogP contribution in [0.15, 0.2) is 34.8 Å². The van der Waals surface area contributed by atoms with Crippen LogP contribution in [0.5, 0.6) is 0 Å². The third-order valence-corrected chi connectivity index (χ3v) is 6.62. The highest BCUT2D eigenvalue weighted by molar-refractivity contribution is 9.10. The Balaban J connectivity index is 2.01. The van der Waals surface area contributed by atoms with Crippen LogP contribution in [0.3, 0.4) is 0 Å². The van der Waals surface area contributed by atoms with Crippen LogP contribution < -0.4 is 4.90 Å². The third kappa shape index (κ3) is 4.35. The van der Waals surface area contributed by atoms with Gasteiger partial charge in [0, 0.05) is 22.1 Å². The number of aryl methyl sites for hydroxylation is 2. The van der Waals surface area contributed by atoms with Crippen LogP contribution in [0, 0.1) is 13.8 Å². The predicted octanol–water partition coefficient (Wildman–Crippen LogP) is 5.97. The number of hydrogen-bond acceptors (Lipinski definition) is 3. The molecular weight excluding hydrogens is 454 g/mol. The number of carbonyl (C=O) groups is 2. The second-order valence-electron chi connectivity index (χ2n) is 9.67. The molecule has 1 heterocycles. The molecule has 4 nitrogen and oxygen atoms in total. The lowest BCUT2D eigenvalue weighted by Gasteiger charge is -2.25. The van der Waals surface area contributed by atoms with Crippen molar-refractivity contribution in [3.05, 3.63) is 62.6 Å². The Morgan fingerprint density at radius 2 is 1.74 bits per heavy atom. The van der Waals surface area contributed by atoms with Gasteiger partial charge >= 0.3 is 0 Å². The van der Waals surface area contributed by atoms with E-state index in [9.17, 15) is 14.7 Å². The molecule has 31 heavy (non-hydrogen) atoms. The molecule has 1 aliphatic rings. The number of benzene rings is 2. The average molecular weight is 486 g/mol. The summed E-state index contributed by atoms with van der Waals surface area (Å²) in [6, 6.07) is 9.54. The van der Waals surface area contributed by atoms with E-state index in [1.165, 1.54) is 0 Å². The first-order valence-corrected chi connectivity index (χ1v) is 11.7. The molecular formula is C26H32BrNO3. The number of nitrogens with zero attached hydrogens (tertiary/aromatic N) is 1. The van der Waals surface area contributed by atoms with Crippen LogP contribution in [0.4, 0.5) is 5.69 Å². The van der Waals surface area contributed by atoms with Crippen molar-refractivity contribution >= 4 is 33.3 Å². The number of Topliss-reactive ketones (excluding diaryl/α,β-unsaturated/α-hetero) is 1. The van der Waals surface area contributed by atoms with Crippen molar-refractivity contribution in [2.24, 2.45) is 0 Å². The van der Waals surface area contributed by atoms with Gasteiger partial charge in [0.2, 0.25) is 0 Å². The predicted molar refractivity (Wildman–Crippen MR) is 129 cm³/mol. The molecule has 1 aliphatic heterocycles. The Hall–Kier alpha value is -1.98. The standard InChI is InChI=1S/C26H32BrNO3/c1-7-8-11-28-21-10-9-19(27)14-20(21)26(31,24(28)30)15-22(29)23-16(2)12-18(13-17(23)3)25(4,5)6/h9-10,12-14,31H,7-8,11,15H2,1-6H3. The molecule has 0 spiro atoms. The molecule has 0 saturated carbocycles. The largest absolute Gasteiger partial charge is 0.375 e. The van der Waals surface area contributed by atoms with Crippen molar-refractivity contribution in [3.63, 3.8) is 0 Å². The highest BCUT2D eigenvalue weighted by atomic mass is 79.9. The quantitative estimate of drug-likeness (QED) is 0.512. The zero-order chi connectivity index (χ0) is 23.1. The van der Waals surface area contributed by atoms with E-state index in [1.54, 1.807) is 11.0 Å². The van der Waals surface area contributed by atoms with Gasteiger partial charge in [0.05, 0.1) is 12.1 Å². The molecule has 3 rings (SSSR count). The van der Waals surface area contributed by atoms with Gasteiger partial charge in [-0.05, 0) is 60.6 Å². The van der Waals surface area contributed by atoms with E-state index < -0.39 is 11.5 Å². The summed E-state index contributed by atoms with van der Waals surface area (Å²) in [5.41, 5.74) is 2.81. The number of fused-ring (bicyclic) bond motifs is 1. The number of ketones is 1. The second kappa shape index (κ2) is 8.51. The molecule has 0 radical (unpaired) electrons. The minimum atomic E-state index is -1.86. The molecule has 0 aromatic heterocycles. The molecule has 0 bridgehead atoms. The van der Waals surface area contributed by atoms with Gasteiger partial charge in [0.15, 0.2) is 11.4 Å². The first kappa shape index (κ1) is 23.7. The molecule has 166 valence electrons. The van der Waals surface area contributed by atoms with Crippen LogP contribution in [0.25, 0.3) is 0 Å². The summed E-state index contributed by atoms with van der Waals surface area (Å²) in [4.78, 5) is 28.4. The SMILES string of the molecule is CCCCN1C(=O)C(O)(CC(=O)c2c(C)cc(C(C)(C)C)cc2C)c2cc(Br)ccc21. The smallest absolute Gasteiger partial charge is 0.264 e. The molecule has 2 aromatic carbocycles. The first-order valence-electron chi connectivity index (χ1n) is 10.9. The Morgan fingerprint density at radius 1 is 1.13 bits per heavy atom. The maximum Gasteiger partial charge on any atom is 0.264 e. The summed E-state index contributed by atoms with van der Waals surface area (Å²) in [6.07, 6.45) is 1.50. The van der Waals surface area contributed by atoms with E-state index in [4.69, 9.17) is 0 Å². The van der Waals surface area contributed by atoms with Gasteiger partial charge in [-0.15, -0.1) is 0 Å². The lowest BCUT2D eigenvalue weighted by molar-refractivity contribution is -0.135. The molecule has 1 atom stereocenters. The highest BCUT2D eigenvalue weighted by Gasteiger charge is 2.51. The number of unbranched alkanes of at least 4 members (excludes halogenated alkanes) is 1. The number of anilines is 1. The highest BCUT2D eigenvalue weighted by Crippen LogP contribution is 2.44. The number of carbonyl (C=O) groups excluding carboxylic acids is 2. The molecule has 0 fully saturated rings. The van der Waals surface area contributed by atoms with E-state index in [1.807, 2.05) is 38.1 Å². The van der Waals surface area contributed by atoms with Crippen LogP contribution in [-0.4, -0.2) is 23.3 Å². The fraction of sp³-hybridized carbons (Fsp3) is 0.462. The van der Waals surface area contributed by atoms with Gasteiger partial charge in [-0.2, -0.15) is 0 Å². The summed E-state index contributed by atoms with van der Waals surface area (Å²) in [7, 11) is 0. The Labute approximate surface area is 193 Å². The maximum atomic E-state index is 13.4. The second-order valence-corrected chi connectivity index (χ2v) is 10.6. The van der Waals surface area contributed by atoms with E-state index in [2.05, 4.69) is 43.6 Å². The van der Waals surface area contributed by atoms with Crippen molar-refractivity contribution in [3.8, 4) is 0 Å². The molecule has 0 saturated heterocycles. The number of aliphatic hydroxyl groups is 1. The van der Waals surface area contributed by atoms with Crippen LogP contribution in [-0.2, 0) is 15.8 Å². The molecule has 1 amide bonds. The van der Waals surface area contributed by atoms with Gasteiger partial charge in [-0.1, -0.05) is 62.2 Å². The Morgan fingerprint density at radius 3 is 2.29 bits per heavy atom. The number of hydrogen-bond donors (Lipinski definition) is 1. The van der Waals surface area contributed by atoms with Gasteiger partial charge in [-0.25, -0.2) is 0 Å². The van der Waals surface area contributed by atoms with E-state index in [0.717, 1.165) is 34.0 Å². The van der Waals surface area contributed by atoms with E-state index >= 15 is 0 Å². The zero-order valence-electron chi connectivity index (χ0n) is 19.3. The fourth-order valence-electron chi connectivity index (χ4n) is 4.39. The fourth-order valence-corrected chi connectivity index (χ4v) is 4.75. The summed E-state index contributed by atoms with van der Waals surface area (Å²) < 4.78 is 0.768. The molecule has 1 N–H and O–H groups in total. The molecule has 1 unspecified atom stereocenters. The van der Waals surface area contributed by atoms with Crippen LogP contribution in [0.2, 0.25) is 0 Å². The van der Waals surface area contributed by atoms with Crippen molar-refractivity contribution in [2.75, 3.05) is 11.4 Å². The third-order valence-electron chi connectivity index (χ3n) is 6.12. The van der Waals surface area contributed by atoms with Crippen LogP contribution >= 0.6 is 15.9 Å². The summed E-state index contributed by atoms with van der Waals surface area (Å²) in [5.74, 6) is -0.626. The molecule has 2 aromatic rings. The van der Waals surface area contributed by atoms with Crippen LogP contribution in [0.1, 0.15) is 79.6 Å². The Bertz CT molecular complexity index is 1010. The summed E-state index contributed by atoms with van der Waals surface area (Å²) in [6.45, 7) is 12.9. The van der Waals surface area contributed by atoms with Gasteiger partial charge in [0.25, 0.3) is 5.91 Å². The summed E-state index contributed by atoms with van der Waals surface area (Å²) >= 11 is 3.44. The van der Waals surface area contributed by atoms with Crippen molar-refractivity contribution in [1.82, 2.24) is 0 Å². The Kier molecular flexibility index (Phi) is 6.50. The number of rotatable bonds is 6. The van der Waals surface area contributed by atoms with Crippen molar-refractivity contribution < 1.29 is 14.7 Å². The normalized spacial score (nSPS) is 18.5. The zero-order valence-corrected chi connectivity index (χ0v) is 20.9. The first-order chi connectivity index (χ1) is 14.4. The van der Waals surface area contributed by atoms with E-state index in [-0.39, 0.29) is 17.6 Å². The number of halogens is 1. The minimum absolute atomic E-state index is 0.0261. The van der Waals surface area contributed by atoms with E-state index in [0.29, 0.717) is 23.4 Å². The monoisotopic (exact) mass is 485 g/mol. The molecule has 5 heteroatoms. The van der Waals surface area contributed by atoms with Gasteiger partial charge in [-0.3, -0.25) is 9.59 Å². The average Bonchev–Trinajstić information content (AvgIpc) is 2.86. The van der Waals surface area contributed by atoms with Gasteiger partial charge in [0.1, 0.15) is 0 Å². The lowest BCUT2D eigenvalue weighted by Crippen LogP contribution is -2.42. The maximum absolute atomic E-state index is 13.4. The minimum Gasteiger partial charge on any atom is -0.375 e. The van der Waals surface area contributed by atoms with Gasteiger partial charge < -0.3 is 10.0 Å². The van der Waals surface area contributed by atoms with Crippen molar-refractivity contribution in [2.45, 2.75) is 71.8 Å².